The van der Waals surface area contributed by atoms with Crippen molar-refractivity contribution in [2.45, 2.75) is 9.79 Å². The molecule has 170 valence electrons. The fraction of sp³-hybridized carbons (Fsp3) is 0.111. The van der Waals surface area contributed by atoms with Crippen LogP contribution in [-0.4, -0.2) is 41.0 Å². The van der Waals surface area contributed by atoms with Crippen molar-refractivity contribution in [3.8, 4) is 11.9 Å². The van der Waals surface area contributed by atoms with Crippen LogP contribution in [0.4, 0.5) is 11.5 Å². The molecule has 3 rings (SSSR count). The second kappa shape index (κ2) is 9.36. The Kier molecular flexibility index (Phi) is 6.98. The van der Waals surface area contributed by atoms with Crippen LogP contribution in [0, 0.1) is 0 Å². The molecule has 10 nitrogen and oxygen atoms in total. The highest BCUT2D eigenvalue weighted by Gasteiger charge is 2.20. The maximum atomic E-state index is 12.7. The van der Waals surface area contributed by atoms with Gasteiger partial charge in [0.15, 0.2) is 5.82 Å². The SMILES string of the molecule is COc1cc(NS(=O)(=O)c2ccc(NS(=O)(=O)c3cc(Cl)ccc3Cl)cc2)nc(OC)n1. The van der Waals surface area contributed by atoms with Gasteiger partial charge in [0, 0.05) is 16.8 Å². The highest BCUT2D eigenvalue weighted by Crippen LogP contribution is 2.27. The number of nitrogens with zero attached hydrogens (tertiary/aromatic N) is 2. The molecule has 0 radical (unpaired) electrons. The van der Waals surface area contributed by atoms with E-state index in [0.29, 0.717) is 0 Å². The van der Waals surface area contributed by atoms with Crippen molar-refractivity contribution in [1.29, 1.82) is 0 Å². The standard InChI is InChI=1S/C18H16Cl2N4O6S2/c1-29-17-10-16(21-18(22-17)30-2)24-31(25,26)13-6-4-12(5-7-13)23-32(27,28)15-9-11(19)3-8-14(15)20/h3-10,23H,1-2H3,(H,21,22,24). The third-order valence-electron chi connectivity index (χ3n) is 3.91. The highest BCUT2D eigenvalue weighted by atomic mass is 35.5. The summed E-state index contributed by atoms with van der Waals surface area (Å²) in [4.78, 5) is 7.44. The summed E-state index contributed by atoms with van der Waals surface area (Å²) in [6.45, 7) is 0. The molecule has 0 spiro atoms. The van der Waals surface area contributed by atoms with Crippen molar-refractivity contribution in [2.24, 2.45) is 0 Å². The van der Waals surface area contributed by atoms with Crippen molar-refractivity contribution in [1.82, 2.24) is 9.97 Å². The Hall–Kier alpha value is -2.80. The number of methoxy groups -OCH3 is 2. The molecular formula is C18H16Cl2N4O6S2. The highest BCUT2D eigenvalue weighted by molar-refractivity contribution is 7.93. The first kappa shape index (κ1) is 23.9. The summed E-state index contributed by atoms with van der Waals surface area (Å²) in [5.41, 5.74) is 0.116. The van der Waals surface area contributed by atoms with E-state index in [2.05, 4.69) is 19.4 Å². The lowest BCUT2D eigenvalue weighted by atomic mass is 10.3. The summed E-state index contributed by atoms with van der Waals surface area (Å²) < 4.78 is 65.0. The summed E-state index contributed by atoms with van der Waals surface area (Å²) in [5.74, 6) is 0.0214. The zero-order valence-corrected chi connectivity index (χ0v) is 19.7. The fourth-order valence-corrected chi connectivity index (χ4v) is 5.26. The Bertz CT molecular complexity index is 1330. The topological polar surface area (TPSA) is 137 Å². The van der Waals surface area contributed by atoms with Crippen LogP contribution in [0.15, 0.2) is 58.3 Å². The Balaban J connectivity index is 1.82. The smallest absolute Gasteiger partial charge is 0.321 e. The van der Waals surface area contributed by atoms with Gasteiger partial charge in [-0.2, -0.15) is 9.97 Å². The first-order valence-electron chi connectivity index (χ1n) is 8.62. The van der Waals surface area contributed by atoms with Crippen molar-refractivity contribution in [2.75, 3.05) is 23.7 Å². The number of hydrogen-bond acceptors (Lipinski definition) is 8. The molecule has 0 saturated heterocycles. The number of aromatic nitrogens is 2. The summed E-state index contributed by atoms with van der Waals surface area (Å²) >= 11 is 11.8. The number of halogens is 2. The van der Waals surface area contributed by atoms with Gasteiger partial charge in [-0.25, -0.2) is 16.8 Å². The van der Waals surface area contributed by atoms with Gasteiger partial charge < -0.3 is 9.47 Å². The Morgan fingerprint density at radius 1 is 0.812 bits per heavy atom. The van der Waals surface area contributed by atoms with E-state index in [0.717, 1.165) is 0 Å². The molecule has 0 aliphatic carbocycles. The Morgan fingerprint density at radius 3 is 2.12 bits per heavy atom. The van der Waals surface area contributed by atoms with Crippen molar-refractivity contribution < 1.29 is 26.3 Å². The molecule has 14 heteroatoms. The number of ether oxygens (including phenoxy) is 2. The van der Waals surface area contributed by atoms with E-state index in [-0.39, 0.29) is 43.2 Å². The number of rotatable bonds is 8. The van der Waals surface area contributed by atoms with E-state index < -0.39 is 20.0 Å². The van der Waals surface area contributed by atoms with Gasteiger partial charge in [0.25, 0.3) is 20.0 Å². The quantitative estimate of drug-likeness (QED) is 0.462. The van der Waals surface area contributed by atoms with E-state index in [1.54, 1.807) is 0 Å². The second-order valence-corrected chi connectivity index (χ2v) is 10.3. The van der Waals surface area contributed by atoms with Crippen LogP contribution in [0.25, 0.3) is 0 Å². The zero-order valence-electron chi connectivity index (χ0n) is 16.5. The van der Waals surface area contributed by atoms with Crippen LogP contribution in [0.1, 0.15) is 0 Å². The first-order chi connectivity index (χ1) is 15.0. The molecule has 1 aromatic heterocycles. The summed E-state index contributed by atoms with van der Waals surface area (Å²) in [6.07, 6.45) is 0. The molecule has 3 aromatic rings. The van der Waals surface area contributed by atoms with Gasteiger partial charge in [0.2, 0.25) is 5.88 Å². The van der Waals surface area contributed by atoms with Crippen molar-refractivity contribution in [3.05, 3.63) is 58.6 Å². The third kappa shape index (κ3) is 5.51. The molecular weight excluding hydrogens is 503 g/mol. The van der Waals surface area contributed by atoms with E-state index >= 15 is 0 Å². The van der Waals surface area contributed by atoms with Crippen LogP contribution in [0.2, 0.25) is 10.0 Å². The van der Waals surface area contributed by atoms with E-state index in [9.17, 15) is 16.8 Å². The maximum Gasteiger partial charge on any atom is 0.321 e. The average Bonchev–Trinajstić information content (AvgIpc) is 2.74. The van der Waals surface area contributed by atoms with Crippen molar-refractivity contribution >= 4 is 54.8 Å². The predicted molar refractivity (Wildman–Crippen MR) is 120 cm³/mol. The molecule has 0 saturated carbocycles. The minimum atomic E-state index is -4.06. The Labute approximate surface area is 194 Å². The molecule has 2 aromatic carbocycles. The number of anilines is 2. The molecule has 0 aliphatic heterocycles. The van der Waals surface area contributed by atoms with Gasteiger partial charge >= 0.3 is 6.01 Å². The van der Waals surface area contributed by atoms with Gasteiger partial charge in [-0.15, -0.1) is 0 Å². The lowest BCUT2D eigenvalue weighted by molar-refractivity contribution is 0.353. The summed E-state index contributed by atoms with van der Waals surface area (Å²) in [6, 6.07) is 10.2. The normalized spacial score (nSPS) is 11.6. The third-order valence-corrected chi connectivity index (χ3v) is 7.38. The fourth-order valence-electron chi connectivity index (χ4n) is 2.44. The van der Waals surface area contributed by atoms with E-state index in [1.165, 1.54) is 62.8 Å². The van der Waals surface area contributed by atoms with E-state index in [4.69, 9.17) is 32.7 Å². The summed E-state index contributed by atoms with van der Waals surface area (Å²) in [5, 5.41) is 0.182. The summed E-state index contributed by atoms with van der Waals surface area (Å²) in [7, 11) is -5.43. The Morgan fingerprint density at radius 2 is 1.50 bits per heavy atom. The minimum absolute atomic E-state index is 0.0130. The lowest BCUT2D eigenvalue weighted by Gasteiger charge is -2.12. The number of benzene rings is 2. The van der Waals surface area contributed by atoms with Crippen LogP contribution in [-0.2, 0) is 20.0 Å². The molecule has 0 aliphatic rings. The predicted octanol–water partition coefficient (Wildman–Crippen LogP) is 3.40. The van der Waals surface area contributed by atoms with Crippen LogP contribution >= 0.6 is 23.2 Å². The van der Waals surface area contributed by atoms with Crippen LogP contribution < -0.4 is 18.9 Å². The molecule has 0 amide bonds. The van der Waals surface area contributed by atoms with Gasteiger partial charge in [0.05, 0.1) is 24.1 Å². The minimum Gasteiger partial charge on any atom is -0.481 e. The maximum absolute atomic E-state index is 12.7. The van der Waals surface area contributed by atoms with Crippen LogP contribution in [0.3, 0.4) is 0 Å². The molecule has 0 atom stereocenters. The molecule has 1 heterocycles. The van der Waals surface area contributed by atoms with Crippen molar-refractivity contribution in [3.63, 3.8) is 0 Å². The molecule has 2 N–H and O–H groups in total. The lowest BCUT2D eigenvalue weighted by Crippen LogP contribution is -2.15. The number of nitrogens with one attached hydrogen (secondary N) is 2. The number of hydrogen-bond donors (Lipinski definition) is 2. The number of sulfonamides is 2. The second-order valence-electron chi connectivity index (χ2n) is 6.09. The zero-order chi connectivity index (χ0) is 23.5. The molecule has 0 fully saturated rings. The van der Waals surface area contributed by atoms with Gasteiger partial charge in [-0.1, -0.05) is 23.2 Å². The van der Waals surface area contributed by atoms with Crippen LogP contribution in [0.5, 0.6) is 11.9 Å². The molecule has 0 unspecified atom stereocenters. The average molecular weight is 519 g/mol. The molecule has 0 bridgehead atoms. The van der Waals surface area contributed by atoms with Gasteiger partial charge in [-0.3, -0.25) is 9.44 Å². The van der Waals surface area contributed by atoms with Gasteiger partial charge in [0.1, 0.15) is 4.90 Å². The monoisotopic (exact) mass is 518 g/mol. The largest absolute Gasteiger partial charge is 0.481 e. The van der Waals surface area contributed by atoms with E-state index in [1.807, 2.05) is 0 Å². The first-order valence-corrected chi connectivity index (χ1v) is 12.3. The molecule has 32 heavy (non-hydrogen) atoms. The van der Waals surface area contributed by atoms with Gasteiger partial charge in [-0.05, 0) is 42.5 Å².